The Bertz CT molecular complexity index is 408. The molecule has 1 aliphatic carbocycles. The molecule has 15 heavy (non-hydrogen) atoms. The molecule has 0 aliphatic heterocycles. The highest BCUT2D eigenvalue weighted by Crippen LogP contribution is 2.52. The lowest BCUT2D eigenvalue weighted by molar-refractivity contribution is -0.137. The number of aliphatic carboxylic acids is 1. The zero-order valence-corrected chi connectivity index (χ0v) is 8.59. The van der Waals surface area contributed by atoms with Gasteiger partial charge in [0.2, 0.25) is 0 Å². The molecule has 1 aromatic rings. The molecule has 1 fully saturated rings. The van der Waals surface area contributed by atoms with E-state index in [2.05, 4.69) is 0 Å². The zero-order chi connectivity index (χ0) is 11.1. The van der Waals surface area contributed by atoms with Crippen LogP contribution in [0.25, 0.3) is 0 Å². The lowest BCUT2D eigenvalue weighted by Gasteiger charge is -2.14. The van der Waals surface area contributed by atoms with Crippen LogP contribution in [-0.4, -0.2) is 11.1 Å². The van der Waals surface area contributed by atoms with Crippen molar-refractivity contribution in [3.8, 4) is 0 Å². The van der Waals surface area contributed by atoms with Gasteiger partial charge >= 0.3 is 5.97 Å². The van der Waals surface area contributed by atoms with E-state index >= 15 is 0 Å². The first-order valence-electron chi connectivity index (χ1n) is 5.02. The summed E-state index contributed by atoms with van der Waals surface area (Å²) < 4.78 is 13.8. The van der Waals surface area contributed by atoms with Crippen LogP contribution in [0, 0.1) is 12.7 Å². The van der Waals surface area contributed by atoms with E-state index in [0.717, 1.165) is 12.8 Å². The number of carbonyl (C=O) groups is 1. The third kappa shape index (κ3) is 1.74. The van der Waals surface area contributed by atoms with E-state index in [1.807, 2.05) is 0 Å². The zero-order valence-electron chi connectivity index (χ0n) is 8.59. The van der Waals surface area contributed by atoms with E-state index < -0.39 is 11.4 Å². The summed E-state index contributed by atoms with van der Waals surface area (Å²) in [5.74, 6) is -1.09. The molecule has 0 unspecified atom stereocenters. The molecule has 0 saturated heterocycles. The Kier molecular flexibility index (Phi) is 2.25. The predicted molar refractivity (Wildman–Crippen MR) is 54.3 cm³/mol. The Morgan fingerprint density at radius 3 is 2.73 bits per heavy atom. The van der Waals surface area contributed by atoms with E-state index in [0.29, 0.717) is 11.1 Å². The van der Waals surface area contributed by atoms with Crippen molar-refractivity contribution in [2.45, 2.75) is 31.6 Å². The Morgan fingerprint density at radius 1 is 1.53 bits per heavy atom. The molecule has 3 heteroatoms. The minimum Gasteiger partial charge on any atom is -0.481 e. The van der Waals surface area contributed by atoms with Crippen molar-refractivity contribution >= 4 is 5.97 Å². The summed E-state index contributed by atoms with van der Waals surface area (Å²) in [6.07, 6.45) is 1.59. The fourth-order valence-corrected chi connectivity index (χ4v) is 2.04. The van der Waals surface area contributed by atoms with Gasteiger partial charge in [0.05, 0.1) is 6.42 Å². The van der Waals surface area contributed by atoms with Gasteiger partial charge in [-0.3, -0.25) is 4.79 Å². The Hall–Kier alpha value is -1.38. The largest absolute Gasteiger partial charge is 0.481 e. The topological polar surface area (TPSA) is 37.3 Å². The minimum atomic E-state index is -0.853. The summed E-state index contributed by atoms with van der Waals surface area (Å²) in [4.78, 5) is 10.7. The van der Waals surface area contributed by atoms with Gasteiger partial charge in [0, 0.05) is 5.41 Å². The Labute approximate surface area is 87.7 Å². The van der Waals surface area contributed by atoms with Gasteiger partial charge in [-0.05, 0) is 30.9 Å². The van der Waals surface area contributed by atoms with Gasteiger partial charge in [-0.25, -0.2) is 4.39 Å². The second-order valence-corrected chi connectivity index (χ2v) is 4.29. The van der Waals surface area contributed by atoms with Crippen LogP contribution in [0.3, 0.4) is 0 Å². The molecule has 0 spiro atoms. The minimum absolute atomic E-state index is 0.0351. The SMILES string of the molecule is Cc1cccc(C2(CC(=O)O)CC2)c1F. The van der Waals surface area contributed by atoms with Crippen LogP contribution in [0.15, 0.2) is 18.2 Å². The highest BCUT2D eigenvalue weighted by Gasteiger charge is 2.47. The van der Waals surface area contributed by atoms with E-state index in [1.54, 1.807) is 25.1 Å². The van der Waals surface area contributed by atoms with Crippen LogP contribution >= 0.6 is 0 Å². The molecule has 0 atom stereocenters. The number of halogens is 1. The molecule has 2 rings (SSSR count). The molecule has 1 aliphatic rings. The van der Waals surface area contributed by atoms with Gasteiger partial charge in [-0.15, -0.1) is 0 Å². The molecule has 1 N–H and O–H groups in total. The van der Waals surface area contributed by atoms with Gasteiger partial charge in [0.25, 0.3) is 0 Å². The molecular formula is C12H13FO2. The molecule has 2 nitrogen and oxygen atoms in total. The maximum Gasteiger partial charge on any atom is 0.304 e. The number of aryl methyl sites for hydroxylation is 1. The van der Waals surface area contributed by atoms with Crippen molar-refractivity contribution in [3.05, 3.63) is 35.1 Å². The summed E-state index contributed by atoms with van der Waals surface area (Å²) in [5.41, 5.74) is 0.733. The lowest BCUT2D eigenvalue weighted by Crippen LogP contribution is -2.15. The van der Waals surface area contributed by atoms with Crippen molar-refractivity contribution in [2.24, 2.45) is 0 Å². The van der Waals surface area contributed by atoms with Gasteiger partial charge in [0.15, 0.2) is 0 Å². The third-order valence-electron chi connectivity index (χ3n) is 3.11. The summed E-state index contributed by atoms with van der Waals surface area (Å²) in [6, 6.07) is 5.20. The van der Waals surface area contributed by atoms with Crippen LogP contribution < -0.4 is 0 Å². The number of benzene rings is 1. The van der Waals surface area contributed by atoms with Crippen LogP contribution in [-0.2, 0) is 10.2 Å². The summed E-state index contributed by atoms with van der Waals surface area (Å²) in [7, 11) is 0. The molecule has 0 bridgehead atoms. The molecule has 0 radical (unpaired) electrons. The number of carboxylic acid groups (broad SMARTS) is 1. The first-order chi connectivity index (χ1) is 7.05. The molecule has 0 amide bonds. The normalized spacial score (nSPS) is 17.5. The number of hydrogen-bond donors (Lipinski definition) is 1. The van der Waals surface area contributed by atoms with E-state index in [9.17, 15) is 9.18 Å². The van der Waals surface area contributed by atoms with Gasteiger partial charge in [-0.2, -0.15) is 0 Å². The Morgan fingerprint density at radius 2 is 2.20 bits per heavy atom. The van der Waals surface area contributed by atoms with Crippen molar-refractivity contribution in [1.82, 2.24) is 0 Å². The second kappa shape index (κ2) is 3.33. The van der Waals surface area contributed by atoms with Gasteiger partial charge in [-0.1, -0.05) is 18.2 Å². The van der Waals surface area contributed by atoms with Crippen molar-refractivity contribution in [2.75, 3.05) is 0 Å². The number of carboxylic acids is 1. The lowest BCUT2D eigenvalue weighted by atomic mass is 9.91. The van der Waals surface area contributed by atoms with Crippen LogP contribution in [0.1, 0.15) is 30.4 Å². The van der Waals surface area contributed by atoms with Crippen LogP contribution in [0.5, 0.6) is 0 Å². The van der Waals surface area contributed by atoms with Crippen molar-refractivity contribution < 1.29 is 14.3 Å². The van der Waals surface area contributed by atoms with E-state index in [1.165, 1.54) is 0 Å². The van der Waals surface area contributed by atoms with Crippen molar-refractivity contribution in [3.63, 3.8) is 0 Å². The van der Waals surface area contributed by atoms with Crippen LogP contribution in [0.2, 0.25) is 0 Å². The maximum atomic E-state index is 13.8. The monoisotopic (exact) mass is 208 g/mol. The molecule has 80 valence electrons. The molecule has 0 aromatic heterocycles. The number of hydrogen-bond acceptors (Lipinski definition) is 1. The molecule has 1 aromatic carbocycles. The highest BCUT2D eigenvalue weighted by atomic mass is 19.1. The summed E-state index contributed by atoms with van der Waals surface area (Å²) in [5, 5.41) is 8.79. The van der Waals surface area contributed by atoms with Gasteiger partial charge in [0.1, 0.15) is 5.82 Å². The first kappa shape index (κ1) is 10.1. The standard InChI is InChI=1S/C12H13FO2/c1-8-3-2-4-9(11(8)13)12(5-6-12)7-10(14)15/h2-4H,5-7H2,1H3,(H,14,15). The summed E-state index contributed by atoms with van der Waals surface area (Å²) >= 11 is 0. The van der Waals surface area contributed by atoms with Crippen LogP contribution in [0.4, 0.5) is 4.39 Å². The van der Waals surface area contributed by atoms with E-state index in [-0.39, 0.29) is 12.2 Å². The fourth-order valence-electron chi connectivity index (χ4n) is 2.04. The average Bonchev–Trinajstić information content (AvgIpc) is 2.89. The van der Waals surface area contributed by atoms with Crippen molar-refractivity contribution in [1.29, 1.82) is 0 Å². The number of rotatable bonds is 3. The Balaban J connectivity index is 2.37. The first-order valence-corrected chi connectivity index (χ1v) is 5.02. The average molecular weight is 208 g/mol. The fraction of sp³-hybridized carbons (Fsp3) is 0.417. The highest BCUT2D eigenvalue weighted by molar-refractivity contribution is 5.70. The maximum absolute atomic E-state index is 13.8. The molecular weight excluding hydrogens is 195 g/mol. The molecule has 0 heterocycles. The summed E-state index contributed by atoms with van der Waals surface area (Å²) in [6.45, 7) is 1.70. The second-order valence-electron chi connectivity index (χ2n) is 4.29. The quantitative estimate of drug-likeness (QED) is 0.829. The smallest absolute Gasteiger partial charge is 0.304 e. The predicted octanol–water partition coefficient (Wildman–Crippen LogP) is 2.64. The third-order valence-corrected chi connectivity index (χ3v) is 3.11. The van der Waals surface area contributed by atoms with E-state index in [4.69, 9.17) is 5.11 Å². The van der Waals surface area contributed by atoms with Gasteiger partial charge < -0.3 is 5.11 Å². The molecule has 1 saturated carbocycles.